The average Bonchev–Trinajstić information content (AvgIpc) is 2.93. The minimum Gasteiger partial charge on any atom is -0.348 e. The molecule has 7 nitrogen and oxygen atoms in total. The van der Waals surface area contributed by atoms with E-state index >= 15 is 0 Å². The SMILES string of the molecule is Cc1ccc2nc(-c3nc(C(=O)NC4CCC4)cnc3[NH])[nH]c2c1. The Kier molecular flexibility index (Phi) is 3.41. The maximum Gasteiger partial charge on any atom is 0.271 e. The van der Waals surface area contributed by atoms with E-state index in [1.165, 1.54) is 6.20 Å². The van der Waals surface area contributed by atoms with Gasteiger partial charge in [-0.25, -0.2) is 15.0 Å². The zero-order chi connectivity index (χ0) is 16.7. The van der Waals surface area contributed by atoms with Crippen LogP contribution in [0.15, 0.2) is 24.4 Å². The van der Waals surface area contributed by atoms with Gasteiger partial charge in [-0.15, -0.1) is 0 Å². The van der Waals surface area contributed by atoms with Crippen molar-refractivity contribution in [3.63, 3.8) is 0 Å². The van der Waals surface area contributed by atoms with Crippen molar-refractivity contribution >= 4 is 22.8 Å². The lowest BCUT2D eigenvalue weighted by atomic mass is 9.93. The Labute approximate surface area is 138 Å². The van der Waals surface area contributed by atoms with E-state index in [2.05, 4.69) is 25.3 Å². The molecule has 1 aliphatic rings. The van der Waals surface area contributed by atoms with Crippen molar-refractivity contribution < 1.29 is 4.79 Å². The number of hydrogen-bond acceptors (Lipinski definition) is 4. The predicted octanol–water partition coefficient (Wildman–Crippen LogP) is 2.53. The minimum atomic E-state index is -0.250. The molecular formula is C17H17N6O. The Morgan fingerprint density at radius 2 is 2.17 bits per heavy atom. The van der Waals surface area contributed by atoms with Crippen LogP contribution < -0.4 is 11.1 Å². The minimum absolute atomic E-state index is 0.00836. The van der Waals surface area contributed by atoms with Gasteiger partial charge >= 0.3 is 0 Å². The van der Waals surface area contributed by atoms with Gasteiger partial charge in [0.15, 0.2) is 17.3 Å². The standard InChI is InChI=1S/C17H17N6O/c1-9-5-6-11-12(7-9)23-16(22-11)14-15(18)19-8-13(21-14)17(24)20-10-3-2-4-10/h5-8,10,18H,2-4H2,1H3,(H,20,24)(H,22,23). The number of nitrogens with zero attached hydrogens (tertiary/aromatic N) is 3. The second-order valence-corrected chi connectivity index (χ2v) is 6.16. The molecule has 4 rings (SSSR count). The van der Waals surface area contributed by atoms with Gasteiger partial charge in [0.1, 0.15) is 5.69 Å². The molecular weight excluding hydrogens is 304 g/mol. The highest BCUT2D eigenvalue weighted by Gasteiger charge is 2.22. The van der Waals surface area contributed by atoms with Crippen molar-refractivity contribution in [3.05, 3.63) is 35.7 Å². The van der Waals surface area contributed by atoms with Crippen molar-refractivity contribution in [2.75, 3.05) is 0 Å². The van der Waals surface area contributed by atoms with Crippen molar-refractivity contribution in [1.29, 1.82) is 0 Å². The van der Waals surface area contributed by atoms with Gasteiger partial charge in [-0.05, 0) is 43.9 Å². The summed E-state index contributed by atoms with van der Waals surface area (Å²) in [6.07, 6.45) is 4.50. The highest BCUT2D eigenvalue weighted by molar-refractivity contribution is 5.93. The molecule has 2 heterocycles. The molecule has 24 heavy (non-hydrogen) atoms. The van der Waals surface area contributed by atoms with Crippen LogP contribution in [0.25, 0.3) is 22.6 Å². The fraction of sp³-hybridized carbons (Fsp3) is 0.294. The van der Waals surface area contributed by atoms with Crippen LogP contribution in [-0.4, -0.2) is 31.9 Å². The fourth-order valence-corrected chi connectivity index (χ4v) is 2.71. The number of rotatable bonds is 3. The van der Waals surface area contributed by atoms with E-state index in [4.69, 9.17) is 5.73 Å². The molecule has 0 spiro atoms. The third-order valence-corrected chi connectivity index (χ3v) is 4.31. The third-order valence-electron chi connectivity index (χ3n) is 4.31. The average molecular weight is 321 g/mol. The summed E-state index contributed by atoms with van der Waals surface area (Å²) in [6, 6.07) is 6.10. The summed E-state index contributed by atoms with van der Waals surface area (Å²) in [5.41, 5.74) is 11.3. The number of aromatic amines is 1. The van der Waals surface area contributed by atoms with Gasteiger partial charge < -0.3 is 10.3 Å². The first-order valence-electron chi connectivity index (χ1n) is 7.96. The van der Waals surface area contributed by atoms with E-state index in [0.717, 1.165) is 35.9 Å². The molecule has 0 unspecified atom stereocenters. The molecule has 1 fully saturated rings. The van der Waals surface area contributed by atoms with Gasteiger partial charge in [0.25, 0.3) is 5.91 Å². The number of aromatic nitrogens is 4. The lowest BCUT2D eigenvalue weighted by molar-refractivity contribution is 0.0911. The molecule has 1 radical (unpaired) electrons. The molecule has 7 heteroatoms. The maximum atomic E-state index is 12.3. The Hall–Kier alpha value is -2.96. The number of amides is 1. The quantitative estimate of drug-likeness (QED) is 0.772. The highest BCUT2D eigenvalue weighted by Crippen LogP contribution is 2.24. The smallest absolute Gasteiger partial charge is 0.271 e. The molecule has 1 aromatic carbocycles. The summed E-state index contributed by atoms with van der Waals surface area (Å²) >= 11 is 0. The van der Waals surface area contributed by atoms with Crippen LogP contribution in [0.5, 0.6) is 0 Å². The molecule has 121 valence electrons. The van der Waals surface area contributed by atoms with E-state index in [1.54, 1.807) is 0 Å². The Morgan fingerprint density at radius 1 is 1.33 bits per heavy atom. The van der Waals surface area contributed by atoms with Gasteiger partial charge in [0.05, 0.1) is 17.2 Å². The molecule has 3 N–H and O–H groups in total. The van der Waals surface area contributed by atoms with E-state index in [1.807, 2.05) is 25.1 Å². The monoisotopic (exact) mass is 321 g/mol. The summed E-state index contributed by atoms with van der Waals surface area (Å²) in [6.45, 7) is 2.00. The first kappa shape index (κ1) is 14.6. The first-order valence-corrected chi connectivity index (χ1v) is 7.96. The fourth-order valence-electron chi connectivity index (χ4n) is 2.71. The topological polar surface area (TPSA) is 107 Å². The van der Waals surface area contributed by atoms with Crippen LogP contribution >= 0.6 is 0 Å². The lowest BCUT2D eigenvalue weighted by Gasteiger charge is -2.26. The van der Waals surface area contributed by atoms with Crippen LogP contribution in [0.1, 0.15) is 35.3 Å². The predicted molar refractivity (Wildman–Crippen MR) is 89.7 cm³/mol. The summed E-state index contributed by atoms with van der Waals surface area (Å²) in [4.78, 5) is 28.2. The Bertz CT molecular complexity index is 928. The number of fused-ring (bicyclic) bond motifs is 1. The second kappa shape index (κ2) is 5.59. The van der Waals surface area contributed by atoms with Crippen LogP contribution in [-0.2, 0) is 0 Å². The molecule has 0 atom stereocenters. The third kappa shape index (κ3) is 2.58. The summed E-state index contributed by atoms with van der Waals surface area (Å²) in [7, 11) is 0. The molecule has 3 aromatic rings. The van der Waals surface area contributed by atoms with Crippen LogP contribution in [0, 0.1) is 6.92 Å². The summed E-state index contributed by atoms with van der Waals surface area (Å²) in [5, 5.41) is 2.93. The molecule has 0 saturated heterocycles. The van der Waals surface area contributed by atoms with E-state index in [-0.39, 0.29) is 29.2 Å². The largest absolute Gasteiger partial charge is 0.348 e. The van der Waals surface area contributed by atoms with Gasteiger partial charge in [-0.2, -0.15) is 0 Å². The van der Waals surface area contributed by atoms with E-state index in [0.29, 0.717) is 5.82 Å². The first-order chi connectivity index (χ1) is 11.6. The van der Waals surface area contributed by atoms with Crippen molar-refractivity contribution in [3.8, 4) is 11.5 Å². The summed E-state index contributed by atoms with van der Waals surface area (Å²) < 4.78 is 0. The number of carbonyl (C=O) groups is 1. The van der Waals surface area contributed by atoms with Crippen LogP contribution in [0.3, 0.4) is 0 Å². The number of nitrogens with one attached hydrogen (secondary N) is 3. The van der Waals surface area contributed by atoms with Crippen molar-refractivity contribution in [1.82, 2.24) is 31.0 Å². The van der Waals surface area contributed by atoms with Gasteiger partial charge in [0.2, 0.25) is 0 Å². The van der Waals surface area contributed by atoms with E-state index in [9.17, 15) is 4.79 Å². The maximum absolute atomic E-state index is 12.3. The normalized spacial score (nSPS) is 14.5. The van der Waals surface area contributed by atoms with Gasteiger partial charge in [0, 0.05) is 6.04 Å². The molecule has 1 aliphatic carbocycles. The van der Waals surface area contributed by atoms with Crippen molar-refractivity contribution in [2.45, 2.75) is 32.2 Å². The zero-order valence-corrected chi connectivity index (χ0v) is 13.3. The summed E-state index contributed by atoms with van der Waals surface area (Å²) in [5.74, 6) is 0.192. The number of imidazole rings is 1. The number of H-pyrrole nitrogens is 1. The number of benzene rings is 1. The van der Waals surface area contributed by atoms with E-state index < -0.39 is 0 Å². The molecule has 0 bridgehead atoms. The Morgan fingerprint density at radius 3 is 2.92 bits per heavy atom. The molecule has 1 amide bonds. The number of carbonyl (C=O) groups excluding carboxylic acids is 1. The molecule has 1 saturated carbocycles. The van der Waals surface area contributed by atoms with Crippen LogP contribution in [0.4, 0.5) is 5.82 Å². The molecule has 2 aromatic heterocycles. The highest BCUT2D eigenvalue weighted by atomic mass is 16.2. The van der Waals surface area contributed by atoms with Crippen molar-refractivity contribution in [2.24, 2.45) is 0 Å². The van der Waals surface area contributed by atoms with Crippen LogP contribution in [0.2, 0.25) is 0 Å². The number of aryl methyl sites for hydroxylation is 1. The zero-order valence-electron chi connectivity index (χ0n) is 13.3. The molecule has 0 aliphatic heterocycles. The lowest BCUT2D eigenvalue weighted by Crippen LogP contribution is -2.39. The second-order valence-electron chi connectivity index (χ2n) is 6.16. The number of hydrogen-bond donors (Lipinski definition) is 2. The van der Waals surface area contributed by atoms with Gasteiger partial charge in [-0.3, -0.25) is 10.5 Å². The van der Waals surface area contributed by atoms with Gasteiger partial charge in [-0.1, -0.05) is 6.07 Å². The Balaban J connectivity index is 1.70.